The molecule has 7 heteroatoms. The number of hydrogen-bond acceptors (Lipinski definition) is 2. The van der Waals surface area contributed by atoms with Crippen molar-refractivity contribution in [3.05, 3.63) is 33.8 Å². The van der Waals surface area contributed by atoms with Crippen LogP contribution in [-0.4, -0.2) is 12.7 Å². The van der Waals surface area contributed by atoms with E-state index in [0.29, 0.717) is 5.56 Å². The lowest BCUT2D eigenvalue weighted by molar-refractivity contribution is -0.125. The molecule has 1 N–H and O–H groups in total. The van der Waals surface area contributed by atoms with Gasteiger partial charge < -0.3 is 0 Å². The van der Waals surface area contributed by atoms with E-state index in [2.05, 4.69) is 5.32 Å². The normalized spacial score (nSPS) is 13.2. The fraction of sp³-hybridized carbons (Fsp3) is 0.300. The third-order valence-electron chi connectivity index (χ3n) is 1.91. The Morgan fingerprint density at radius 1 is 1.29 bits per heavy atom. The molecule has 0 aliphatic rings. The SMILES string of the molecule is N#CC(NCC(F)(F)F)c1ccc(Cl)c(Cl)c1. The predicted molar refractivity (Wildman–Crippen MR) is 58.9 cm³/mol. The van der Waals surface area contributed by atoms with Crippen LogP contribution in [-0.2, 0) is 0 Å². The van der Waals surface area contributed by atoms with Crippen molar-refractivity contribution in [3.8, 4) is 6.07 Å². The zero-order valence-electron chi connectivity index (χ0n) is 8.35. The first-order valence-electron chi connectivity index (χ1n) is 4.48. The minimum absolute atomic E-state index is 0.193. The highest BCUT2D eigenvalue weighted by atomic mass is 35.5. The van der Waals surface area contributed by atoms with E-state index in [4.69, 9.17) is 28.5 Å². The van der Waals surface area contributed by atoms with Crippen LogP contribution in [0.5, 0.6) is 0 Å². The lowest BCUT2D eigenvalue weighted by Crippen LogP contribution is -2.31. The summed E-state index contributed by atoms with van der Waals surface area (Å²) >= 11 is 11.4. The summed E-state index contributed by atoms with van der Waals surface area (Å²) < 4.78 is 36.0. The van der Waals surface area contributed by atoms with Crippen molar-refractivity contribution < 1.29 is 13.2 Å². The van der Waals surface area contributed by atoms with Gasteiger partial charge in [-0.15, -0.1) is 0 Å². The molecule has 1 rings (SSSR count). The van der Waals surface area contributed by atoms with Crippen LogP contribution in [0.3, 0.4) is 0 Å². The van der Waals surface area contributed by atoms with Crippen molar-refractivity contribution in [2.24, 2.45) is 0 Å². The molecule has 1 aromatic carbocycles. The van der Waals surface area contributed by atoms with Gasteiger partial charge in [0.1, 0.15) is 6.04 Å². The smallest absolute Gasteiger partial charge is 0.290 e. The summed E-state index contributed by atoms with van der Waals surface area (Å²) in [5, 5.41) is 11.3. The number of benzene rings is 1. The molecule has 0 bridgehead atoms. The maximum atomic E-state index is 12.0. The molecule has 1 atom stereocenters. The molecule has 0 aliphatic heterocycles. The maximum absolute atomic E-state index is 12.0. The minimum atomic E-state index is -4.37. The van der Waals surface area contributed by atoms with E-state index < -0.39 is 18.8 Å². The summed E-state index contributed by atoms with van der Waals surface area (Å²) in [6.07, 6.45) is -4.37. The molecule has 0 spiro atoms. The molecule has 17 heavy (non-hydrogen) atoms. The molecule has 1 aromatic rings. The van der Waals surface area contributed by atoms with Crippen LogP contribution < -0.4 is 5.32 Å². The average Bonchev–Trinajstić information content (AvgIpc) is 2.22. The number of nitrogens with one attached hydrogen (secondary N) is 1. The Morgan fingerprint density at radius 2 is 1.94 bits per heavy atom. The Hall–Kier alpha value is -0.960. The molecule has 0 aromatic heterocycles. The van der Waals surface area contributed by atoms with Gasteiger partial charge in [0.05, 0.1) is 22.7 Å². The number of alkyl halides is 3. The van der Waals surface area contributed by atoms with Gasteiger partial charge in [0, 0.05) is 0 Å². The molecule has 0 amide bonds. The lowest BCUT2D eigenvalue weighted by atomic mass is 10.1. The van der Waals surface area contributed by atoms with E-state index >= 15 is 0 Å². The Bertz CT molecular complexity index is 440. The molecule has 0 aliphatic carbocycles. The highest BCUT2D eigenvalue weighted by Gasteiger charge is 2.28. The summed E-state index contributed by atoms with van der Waals surface area (Å²) in [5.74, 6) is 0. The lowest BCUT2D eigenvalue weighted by Gasteiger charge is -2.14. The summed E-state index contributed by atoms with van der Waals surface area (Å²) in [7, 11) is 0. The van der Waals surface area contributed by atoms with E-state index in [0.717, 1.165) is 0 Å². The van der Waals surface area contributed by atoms with E-state index in [1.165, 1.54) is 18.2 Å². The Balaban J connectivity index is 2.81. The second-order valence-electron chi connectivity index (χ2n) is 3.23. The monoisotopic (exact) mass is 282 g/mol. The summed E-state index contributed by atoms with van der Waals surface area (Å²) in [5.41, 5.74) is 0.339. The van der Waals surface area contributed by atoms with Crippen molar-refractivity contribution in [1.82, 2.24) is 5.32 Å². The van der Waals surface area contributed by atoms with Crippen LogP contribution in [0, 0.1) is 11.3 Å². The number of rotatable bonds is 3. The molecular formula is C10H7Cl2F3N2. The minimum Gasteiger partial charge on any atom is -0.290 e. The topological polar surface area (TPSA) is 35.8 Å². The number of halogens is 5. The van der Waals surface area contributed by atoms with Crippen LogP contribution in [0.15, 0.2) is 18.2 Å². The molecule has 1 unspecified atom stereocenters. The van der Waals surface area contributed by atoms with E-state index in [1.54, 1.807) is 6.07 Å². The number of hydrogen-bond donors (Lipinski definition) is 1. The van der Waals surface area contributed by atoms with Crippen LogP contribution in [0.1, 0.15) is 11.6 Å². The van der Waals surface area contributed by atoms with Crippen LogP contribution in [0.2, 0.25) is 10.0 Å². The number of nitriles is 1. The van der Waals surface area contributed by atoms with E-state index in [9.17, 15) is 13.2 Å². The van der Waals surface area contributed by atoms with Gasteiger partial charge in [-0.1, -0.05) is 29.3 Å². The highest BCUT2D eigenvalue weighted by Crippen LogP contribution is 2.26. The fourth-order valence-corrected chi connectivity index (χ4v) is 1.45. The molecule has 0 radical (unpaired) electrons. The first-order chi connectivity index (χ1) is 7.83. The van der Waals surface area contributed by atoms with Crippen molar-refractivity contribution in [2.45, 2.75) is 12.2 Å². The zero-order valence-corrected chi connectivity index (χ0v) is 9.87. The standard InChI is InChI=1S/C10H7Cl2F3N2/c11-7-2-1-6(3-8(7)12)9(4-16)17-5-10(13,14)15/h1-3,9,17H,5H2. The maximum Gasteiger partial charge on any atom is 0.401 e. The quantitative estimate of drug-likeness (QED) is 0.917. The Labute approximate surface area is 106 Å². The average molecular weight is 283 g/mol. The molecule has 92 valence electrons. The third kappa shape index (κ3) is 4.43. The first kappa shape index (κ1) is 14.1. The molecule has 0 heterocycles. The summed E-state index contributed by atoms with van der Waals surface area (Å²) in [6, 6.07) is 4.89. The molecule has 0 saturated heterocycles. The first-order valence-corrected chi connectivity index (χ1v) is 5.24. The van der Waals surface area contributed by atoms with Gasteiger partial charge in [0.2, 0.25) is 0 Å². The Kier molecular flexibility index (Phi) is 4.63. The van der Waals surface area contributed by atoms with Crippen molar-refractivity contribution >= 4 is 23.2 Å². The zero-order chi connectivity index (χ0) is 13.1. The molecule has 0 fully saturated rings. The van der Waals surface area contributed by atoms with E-state index in [1.807, 2.05) is 0 Å². The van der Waals surface area contributed by atoms with Crippen molar-refractivity contribution in [2.75, 3.05) is 6.54 Å². The van der Waals surface area contributed by atoms with Crippen LogP contribution in [0.4, 0.5) is 13.2 Å². The second-order valence-corrected chi connectivity index (χ2v) is 4.05. The van der Waals surface area contributed by atoms with Crippen LogP contribution in [0.25, 0.3) is 0 Å². The van der Waals surface area contributed by atoms with Crippen molar-refractivity contribution in [3.63, 3.8) is 0 Å². The molecular weight excluding hydrogens is 276 g/mol. The molecule has 2 nitrogen and oxygen atoms in total. The summed E-state index contributed by atoms with van der Waals surface area (Å²) in [4.78, 5) is 0. The van der Waals surface area contributed by atoms with Gasteiger partial charge in [-0.3, -0.25) is 5.32 Å². The molecule has 0 saturated carbocycles. The van der Waals surface area contributed by atoms with Gasteiger partial charge >= 0.3 is 6.18 Å². The third-order valence-corrected chi connectivity index (χ3v) is 2.65. The van der Waals surface area contributed by atoms with Gasteiger partial charge in [0.15, 0.2) is 0 Å². The fourth-order valence-electron chi connectivity index (χ4n) is 1.15. The van der Waals surface area contributed by atoms with Crippen LogP contribution >= 0.6 is 23.2 Å². The van der Waals surface area contributed by atoms with Gasteiger partial charge in [0.25, 0.3) is 0 Å². The second kappa shape index (κ2) is 5.58. The van der Waals surface area contributed by atoms with Crippen molar-refractivity contribution in [1.29, 1.82) is 5.26 Å². The van der Waals surface area contributed by atoms with Gasteiger partial charge in [-0.05, 0) is 17.7 Å². The largest absolute Gasteiger partial charge is 0.401 e. The summed E-state index contributed by atoms with van der Waals surface area (Å²) in [6.45, 7) is -1.24. The van der Waals surface area contributed by atoms with Gasteiger partial charge in [-0.2, -0.15) is 18.4 Å². The predicted octanol–water partition coefficient (Wildman–Crippen LogP) is 3.71. The Morgan fingerprint density at radius 3 is 2.41 bits per heavy atom. The van der Waals surface area contributed by atoms with E-state index in [-0.39, 0.29) is 10.0 Å². The highest BCUT2D eigenvalue weighted by molar-refractivity contribution is 6.42. The van der Waals surface area contributed by atoms with Gasteiger partial charge in [-0.25, -0.2) is 0 Å². The number of nitrogens with zero attached hydrogens (tertiary/aromatic N) is 1.